The van der Waals surface area contributed by atoms with Crippen molar-refractivity contribution in [2.45, 2.75) is 13.0 Å². The summed E-state index contributed by atoms with van der Waals surface area (Å²) in [7, 11) is 0. The first-order valence-corrected chi connectivity index (χ1v) is 6.97. The molecule has 0 fully saturated rings. The van der Waals surface area contributed by atoms with Crippen LogP contribution in [0, 0.1) is 0 Å². The van der Waals surface area contributed by atoms with Gasteiger partial charge in [0.2, 0.25) is 0 Å². The van der Waals surface area contributed by atoms with Crippen LogP contribution in [0.15, 0.2) is 45.6 Å². The summed E-state index contributed by atoms with van der Waals surface area (Å²) in [6.07, 6.45) is 3.46. The number of carbonyl (C=O) groups is 1. The number of halogens is 2. The highest BCUT2D eigenvalue weighted by Gasteiger charge is 2.00. The Hall–Kier alpha value is -1.11. The second-order valence-corrected chi connectivity index (χ2v) is 5.42. The van der Waals surface area contributed by atoms with E-state index in [9.17, 15) is 4.79 Å². The number of aromatic nitrogens is 2. The lowest BCUT2D eigenvalue weighted by Crippen LogP contribution is -1.93. The van der Waals surface area contributed by atoms with Crippen molar-refractivity contribution in [1.82, 2.24) is 9.97 Å². The normalized spacial score (nSPS) is 11.2. The summed E-state index contributed by atoms with van der Waals surface area (Å²) in [6, 6.07) is 7.05. The Morgan fingerprint density at radius 2 is 1.74 bits per heavy atom. The Morgan fingerprint density at radius 3 is 2.11 bits per heavy atom. The summed E-state index contributed by atoms with van der Waals surface area (Å²) in [6.45, 7) is 1.69. The molecule has 0 radical (unpaired) electrons. The van der Waals surface area contributed by atoms with Gasteiger partial charge in [-0.3, -0.25) is 14.8 Å². The fraction of sp³-hybridized carbons (Fsp3) is 0.154. The van der Waals surface area contributed by atoms with Crippen molar-refractivity contribution in [2.24, 2.45) is 0 Å². The lowest BCUT2D eigenvalue weighted by Gasteiger charge is -2.01. The molecule has 2 rings (SSSR count). The number of pyridine rings is 2. The van der Waals surface area contributed by atoms with Crippen LogP contribution >= 0.6 is 31.9 Å². The zero-order valence-corrected chi connectivity index (χ0v) is 13.3. The van der Waals surface area contributed by atoms with E-state index in [1.807, 2.05) is 6.07 Å². The first kappa shape index (κ1) is 15.9. The van der Waals surface area contributed by atoms with E-state index in [0.29, 0.717) is 17.7 Å². The Kier molecular flexibility index (Phi) is 6.83. The van der Waals surface area contributed by atoms with E-state index < -0.39 is 6.10 Å². The number of nitrogens with zero attached hydrogens (tertiary/aromatic N) is 2. The predicted octanol–water partition coefficient (Wildman–Crippen LogP) is 3.55. The lowest BCUT2D eigenvalue weighted by atomic mass is 10.2. The van der Waals surface area contributed by atoms with E-state index in [2.05, 4.69) is 41.8 Å². The van der Waals surface area contributed by atoms with Gasteiger partial charge in [-0.25, -0.2) is 0 Å². The van der Waals surface area contributed by atoms with Crippen LogP contribution in [0.25, 0.3) is 0 Å². The molecule has 100 valence electrons. The first-order chi connectivity index (χ1) is 9.02. The van der Waals surface area contributed by atoms with Gasteiger partial charge in [-0.05, 0) is 31.2 Å². The molecule has 2 heterocycles. The van der Waals surface area contributed by atoms with Gasteiger partial charge < -0.3 is 5.11 Å². The summed E-state index contributed by atoms with van der Waals surface area (Å²) in [5, 5.41) is 9.06. The van der Waals surface area contributed by atoms with E-state index in [4.69, 9.17) is 5.11 Å². The van der Waals surface area contributed by atoms with Gasteiger partial charge in [0.1, 0.15) is 5.69 Å². The topological polar surface area (TPSA) is 63.1 Å². The van der Waals surface area contributed by atoms with Gasteiger partial charge in [0.15, 0.2) is 6.29 Å². The molecular formula is C13H12Br2N2O2. The van der Waals surface area contributed by atoms with Crippen LogP contribution in [0.5, 0.6) is 0 Å². The van der Waals surface area contributed by atoms with Crippen molar-refractivity contribution in [1.29, 1.82) is 0 Å². The maximum absolute atomic E-state index is 10.1. The highest BCUT2D eigenvalue weighted by molar-refractivity contribution is 9.10. The third-order valence-corrected chi connectivity index (χ3v) is 3.02. The molecule has 19 heavy (non-hydrogen) atoms. The highest BCUT2D eigenvalue weighted by atomic mass is 79.9. The minimum atomic E-state index is -0.488. The SMILES string of the molecule is CC(O)c1cc(Br)ccn1.O=Cc1cc(Br)ccn1. The highest BCUT2D eigenvalue weighted by Crippen LogP contribution is 2.14. The molecule has 0 aliphatic carbocycles. The van der Waals surface area contributed by atoms with Crippen LogP contribution in [0.1, 0.15) is 29.2 Å². The molecule has 0 aliphatic heterocycles. The van der Waals surface area contributed by atoms with Crippen molar-refractivity contribution >= 4 is 38.1 Å². The van der Waals surface area contributed by atoms with Gasteiger partial charge in [-0.15, -0.1) is 0 Å². The van der Waals surface area contributed by atoms with Gasteiger partial charge in [-0.2, -0.15) is 0 Å². The fourth-order valence-electron chi connectivity index (χ4n) is 1.14. The monoisotopic (exact) mass is 386 g/mol. The van der Waals surface area contributed by atoms with Crippen LogP contribution in [0.2, 0.25) is 0 Å². The second kappa shape index (κ2) is 8.14. The zero-order valence-electron chi connectivity index (χ0n) is 10.1. The van der Waals surface area contributed by atoms with Crippen molar-refractivity contribution in [2.75, 3.05) is 0 Å². The molecule has 1 N–H and O–H groups in total. The molecule has 1 unspecified atom stereocenters. The molecule has 0 bridgehead atoms. The van der Waals surface area contributed by atoms with E-state index in [1.54, 1.807) is 37.5 Å². The minimum absolute atomic E-state index is 0.448. The number of hydrogen-bond acceptors (Lipinski definition) is 4. The average Bonchev–Trinajstić information content (AvgIpc) is 2.39. The van der Waals surface area contributed by atoms with E-state index in [1.165, 1.54) is 0 Å². The summed E-state index contributed by atoms with van der Waals surface area (Å²) < 4.78 is 1.82. The van der Waals surface area contributed by atoms with Crippen molar-refractivity contribution in [3.05, 3.63) is 57.0 Å². The molecule has 0 spiro atoms. The predicted molar refractivity (Wildman–Crippen MR) is 79.9 cm³/mol. The van der Waals surface area contributed by atoms with Gasteiger partial charge in [0.25, 0.3) is 0 Å². The quantitative estimate of drug-likeness (QED) is 0.800. The van der Waals surface area contributed by atoms with Crippen LogP contribution in [0.3, 0.4) is 0 Å². The van der Waals surface area contributed by atoms with Crippen LogP contribution in [-0.2, 0) is 0 Å². The van der Waals surface area contributed by atoms with Crippen molar-refractivity contribution < 1.29 is 9.90 Å². The molecule has 0 amide bonds. The smallest absolute Gasteiger partial charge is 0.168 e. The fourth-order valence-corrected chi connectivity index (χ4v) is 1.84. The molecular weight excluding hydrogens is 376 g/mol. The van der Waals surface area contributed by atoms with Crippen LogP contribution in [-0.4, -0.2) is 21.4 Å². The molecule has 0 aliphatic rings. The van der Waals surface area contributed by atoms with Gasteiger partial charge in [0, 0.05) is 21.3 Å². The number of carbonyl (C=O) groups excluding carboxylic acids is 1. The van der Waals surface area contributed by atoms with Gasteiger partial charge in [-0.1, -0.05) is 31.9 Å². The number of aldehydes is 1. The third-order valence-electron chi connectivity index (χ3n) is 2.04. The third kappa shape index (κ3) is 6.04. The number of hydrogen-bond donors (Lipinski definition) is 1. The van der Waals surface area contributed by atoms with Gasteiger partial charge >= 0.3 is 0 Å². The Morgan fingerprint density at radius 1 is 1.16 bits per heavy atom. The number of aliphatic hydroxyl groups is 1. The summed E-state index contributed by atoms with van der Waals surface area (Å²) in [4.78, 5) is 17.8. The molecule has 1 atom stereocenters. The average molecular weight is 388 g/mol. The molecule has 6 heteroatoms. The molecule has 2 aromatic rings. The Balaban J connectivity index is 0.000000191. The maximum Gasteiger partial charge on any atom is 0.168 e. The summed E-state index contributed by atoms with van der Waals surface area (Å²) in [5.74, 6) is 0. The van der Waals surface area contributed by atoms with E-state index in [0.717, 1.165) is 8.95 Å². The number of rotatable bonds is 2. The summed E-state index contributed by atoms with van der Waals surface area (Å²) >= 11 is 6.48. The standard InChI is InChI=1S/C7H8BrNO.C6H4BrNO/c1-5(10)7-4-6(8)2-3-9-7;7-5-1-2-8-6(3-5)4-9/h2-5,10H,1H3;1-4H. The van der Waals surface area contributed by atoms with Crippen LogP contribution < -0.4 is 0 Å². The zero-order chi connectivity index (χ0) is 14.3. The maximum atomic E-state index is 10.1. The molecule has 0 aromatic carbocycles. The first-order valence-electron chi connectivity index (χ1n) is 5.39. The molecule has 2 aromatic heterocycles. The molecule has 0 saturated carbocycles. The minimum Gasteiger partial charge on any atom is -0.387 e. The van der Waals surface area contributed by atoms with Crippen molar-refractivity contribution in [3.8, 4) is 0 Å². The van der Waals surface area contributed by atoms with Crippen LogP contribution in [0.4, 0.5) is 0 Å². The second-order valence-electron chi connectivity index (χ2n) is 3.59. The summed E-state index contributed by atoms with van der Waals surface area (Å²) in [5.41, 5.74) is 1.14. The van der Waals surface area contributed by atoms with Gasteiger partial charge in [0.05, 0.1) is 11.8 Å². The Bertz CT molecular complexity index is 548. The molecule has 0 saturated heterocycles. The largest absolute Gasteiger partial charge is 0.387 e. The lowest BCUT2D eigenvalue weighted by molar-refractivity contribution is 0.111. The Labute approximate surface area is 128 Å². The van der Waals surface area contributed by atoms with E-state index >= 15 is 0 Å². The van der Waals surface area contributed by atoms with E-state index in [-0.39, 0.29) is 0 Å². The molecule has 4 nitrogen and oxygen atoms in total. The number of aliphatic hydroxyl groups excluding tert-OH is 1. The van der Waals surface area contributed by atoms with Crippen molar-refractivity contribution in [3.63, 3.8) is 0 Å².